The molecule has 0 aromatic heterocycles. The van der Waals surface area contributed by atoms with Crippen molar-refractivity contribution in [3.63, 3.8) is 0 Å². The molecule has 1 aromatic rings. The van der Waals surface area contributed by atoms with Crippen molar-refractivity contribution in [1.82, 2.24) is 9.62 Å². The van der Waals surface area contributed by atoms with Crippen LogP contribution in [0.4, 0.5) is 8.78 Å². The van der Waals surface area contributed by atoms with Crippen molar-refractivity contribution in [3.8, 4) is 0 Å². The monoisotopic (exact) mass is 360 g/mol. The van der Waals surface area contributed by atoms with Crippen molar-refractivity contribution >= 4 is 15.9 Å². The Morgan fingerprint density at radius 3 is 2.50 bits per heavy atom. The molecular weight excluding hydrogens is 338 g/mol. The summed E-state index contributed by atoms with van der Waals surface area (Å²) in [6.07, 6.45) is 1.35. The van der Waals surface area contributed by atoms with E-state index >= 15 is 0 Å². The number of piperidine rings is 1. The Morgan fingerprint density at radius 2 is 1.92 bits per heavy atom. The molecule has 1 heterocycles. The van der Waals surface area contributed by atoms with Crippen LogP contribution in [0.15, 0.2) is 23.1 Å². The quantitative estimate of drug-likeness (QED) is 0.876. The summed E-state index contributed by atoms with van der Waals surface area (Å²) in [6.45, 7) is 4.83. The van der Waals surface area contributed by atoms with Crippen LogP contribution < -0.4 is 4.72 Å². The number of carbonyl (C=O) groups is 1. The summed E-state index contributed by atoms with van der Waals surface area (Å²) in [5.41, 5.74) is 0. The molecule has 1 N–H and O–H groups in total. The zero-order valence-electron chi connectivity index (χ0n) is 13.8. The maximum absolute atomic E-state index is 13.7. The van der Waals surface area contributed by atoms with Crippen LogP contribution >= 0.6 is 0 Å². The van der Waals surface area contributed by atoms with Crippen molar-refractivity contribution in [2.75, 3.05) is 13.1 Å². The highest BCUT2D eigenvalue weighted by molar-refractivity contribution is 7.89. The van der Waals surface area contributed by atoms with Gasteiger partial charge in [-0.3, -0.25) is 4.79 Å². The molecule has 1 amide bonds. The Hall–Kier alpha value is -1.54. The fourth-order valence-electron chi connectivity index (χ4n) is 2.69. The first-order valence-corrected chi connectivity index (χ1v) is 9.42. The molecule has 0 bridgehead atoms. The van der Waals surface area contributed by atoms with E-state index in [2.05, 4.69) is 4.72 Å². The van der Waals surface area contributed by atoms with Crippen molar-refractivity contribution in [2.24, 2.45) is 5.92 Å². The molecule has 0 atom stereocenters. The molecule has 0 unspecified atom stereocenters. The Morgan fingerprint density at radius 1 is 1.29 bits per heavy atom. The molecule has 134 valence electrons. The van der Waals surface area contributed by atoms with Crippen molar-refractivity contribution in [2.45, 2.75) is 44.0 Å². The minimum atomic E-state index is -4.14. The van der Waals surface area contributed by atoms with Crippen LogP contribution in [-0.4, -0.2) is 38.4 Å². The van der Waals surface area contributed by atoms with Gasteiger partial charge in [0.1, 0.15) is 16.5 Å². The summed E-state index contributed by atoms with van der Waals surface area (Å²) in [4.78, 5) is 13.0. The van der Waals surface area contributed by atoms with Crippen LogP contribution in [0, 0.1) is 17.6 Å². The fraction of sp³-hybridized carbons (Fsp3) is 0.562. The summed E-state index contributed by atoms with van der Waals surface area (Å²) in [6, 6.07) is 1.92. The summed E-state index contributed by atoms with van der Waals surface area (Å²) < 4.78 is 53.7. The zero-order chi connectivity index (χ0) is 17.9. The molecular formula is C16H22F2N2O3S. The minimum absolute atomic E-state index is 0.0579. The van der Waals surface area contributed by atoms with Crippen LogP contribution in [0.5, 0.6) is 0 Å². The third kappa shape index (κ3) is 4.73. The Bertz CT molecular complexity index is 699. The molecule has 1 fully saturated rings. The van der Waals surface area contributed by atoms with Crippen molar-refractivity contribution in [1.29, 1.82) is 0 Å². The lowest BCUT2D eigenvalue weighted by molar-refractivity contribution is -0.133. The average Bonchev–Trinajstić information content (AvgIpc) is 2.49. The maximum Gasteiger partial charge on any atom is 0.243 e. The summed E-state index contributed by atoms with van der Waals surface area (Å²) >= 11 is 0. The molecule has 8 heteroatoms. The van der Waals surface area contributed by atoms with Crippen LogP contribution in [0.1, 0.15) is 33.1 Å². The van der Waals surface area contributed by atoms with E-state index < -0.39 is 32.6 Å². The highest BCUT2D eigenvalue weighted by Crippen LogP contribution is 2.19. The number of nitrogens with zero attached hydrogens (tertiary/aromatic N) is 1. The van der Waals surface area contributed by atoms with E-state index in [1.165, 1.54) is 0 Å². The van der Waals surface area contributed by atoms with Gasteiger partial charge in [-0.1, -0.05) is 13.8 Å². The summed E-state index contributed by atoms with van der Waals surface area (Å²) in [7, 11) is -4.14. The lowest BCUT2D eigenvalue weighted by Gasteiger charge is -2.32. The summed E-state index contributed by atoms with van der Waals surface area (Å²) in [5, 5.41) is 0. The van der Waals surface area contributed by atoms with E-state index in [1.807, 2.05) is 13.8 Å². The van der Waals surface area contributed by atoms with Gasteiger partial charge in [-0.25, -0.2) is 21.9 Å². The van der Waals surface area contributed by atoms with Gasteiger partial charge in [-0.15, -0.1) is 0 Å². The zero-order valence-corrected chi connectivity index (χ0v) is 14.6. The number of amides is 1. The molecule has 0 aliphatic carbocycles. The number of likely N-dealkylation sites (tertiary alicyclic amines) is 1. The van der Waals surface area contributed by atoms with Crippen molar-refractivity contribution < 1.29 is 22.0 Å². The van der Waals surface area contributed by atoms with E-state index in [0.717, 1.165) is 12.1 Å². The fourth-order valence-corrected chi connectivity index (χ4v) is 4.09. The lowest BCUT2D eigenvalue weighted by Crippen LogP contribution is -2.46. The molecule has 2 rings (SSSR count). The second-order valence-corrected chi connectivity index (χ2v) is 8.13. The largest absolute Gasteiger partial charge is 0.343 e. The molecule has 0 spiro atoms. The van der Waals surface area contributed by atoms with Gasteiger partial charge >= 0.3 is 0 Å². The highest BCUT2D eigenvalue weighted by Gasteiger charge is 2.28. The third-order valence-corrected chi connectivity index (χ3v) is 5.47. The normalized spacial score (nSPS) is 16.6. The smallest absolute Gasteiger partial charge is 0.243 e. The van der Waals surface area contributed by atoms with Gasteiger partial charge in [0.25, 0.3) is 0 Å². The topological polar surface area (TPSA) is 66.5 Å². The van der Waals surface area contributed by atoms with Gasteiger partial charge in [-0.2, -0.15) is 0 Å². The molecule has 1 aliphatic rings. The van der Waals surface area contributed by atoms with Gasteiger partial charge in [0.15, 0.2) is 0 Å². The predicted molar refractivity (Wildman–Crippen MR) is 85.7 cm³/mol. The van der Waals surface area contributed by atoms with E-state index in [9.17, 15) is 22.0 Å². The van der Waals surface area contributed by atoms with Gasteiger partial charge in [0.05, 0.1) is 0 Å². The van der Waals surface area contributed by atoms with Crippen LogP contribution in [0.3, 0.4) is 0 Å². The molecule has 0 radical (unpaired) electrons. The standard InChI is InChI=1S/C16H22F2N2O3S/c1-11(2)9-16(21)20-7-5-13(6-8-20)19-24(22,23)15-10-12(17)3-4-14(15)18/h3-4,10-11,13,19H,5-9H2,1-2H3. The number of benzene rings is 1. The number of rotatable bonds is 5. The van der Waals surface area contributed by atoms with Crippen LogP contribution in [0.25, 0.3) is 0 Å². The van der Waals surface area contributed by atoms with E-state index in [0.29, 0.717) is 38.4 Å². The highest BCUT2D eigenvalue weighted by atomic mass is 32.2. The Kier molecular flexibility index (Phi) is 5.92. The Labute approximate surface area is 141 Å². The number of hydrogen-bond acceptors (Lipinski definition) is 3. The van der Waals surface area contributed by atoms with Crippen molar-refractivity contribution in [3.05, 3.63) is 29.8 Å². The molecule has 5 nitrogen and oxygen atoms in total. The number of sulfonamides is 1. The predicted octanol–water partition coefficient (Wildman–Crippen LogP) is 2.28. The number of halogens is 2. The Balaban J connectivity index is 1.98. The van der Waals surface area contributed by atoms with Crippen LogP contribution in [0.2, 0.25) is 0 Å². The first kappa shape index (κ1) is 18.8. The van der Waals surface area contributed by atoms with E-state index in [4.69, 9.17) is 0 Å². The molecule has 1 aliphatic heterocycles. The van der Waals surface area contributed by atoms with E-state index in [-0.39, 0.29) is 11.8 Å². The van der Waals surface area contributed by atoms with Gasteiger partial charge in [-0.05, 0) is 37.0 Å². The number of carbonyl (C=O) groups excluding carboxylic acids is 1. The van der Waals surface area contributed by atoms with Gasteiger partial charge in [0, 0.05) is 25.6 Å². The first-order valence-electron chi connectivity index (χ1n) is 7.94. The minimum Gasteiger partial charge on any atom is -0.343 e. The first-order chi connectivity index (χ1) is 11.2. The lowest BCUT2D eigenvalue weighted by atomic mass is 10.0. The van der Waals surface area contributed by atoms with Crippen LogP contribution in [-0.2, 0) is 14.8 Å². The maximum atomic E-state index is 13.7. The third-order valence-electron chi connectivity index (χ3n) is 3.94. The second kappa shape index (κ2) is 7.57. The molecule has 1 aromatic carbocycles. The summed E-state index contributed by atoms with van der Waals surface area (Å²) in [5.74, 6) is -1.48. The van der Waals surface area contributed by atoms with Gasteiger partial charge in [0.2, 0.25) is 15.9 Å². The molecule has 0 saturated carbocycles. The SMILES string of the molecule is CC(C)CC(=O)N1CCC(NS(=O)(=O)c2cc(F)ccc2F)CC1. The second-order valence-electron chi connectivity index (χ2n) is 6.45. The number of nitrogens with one attached hydrogen (secondary N) is 1. The number of hydrogen-bond donors (Lipinski definition) is 1. The molecule has 1 saturated heterocycles. The van der Waals surface area contributed by atoms with E-state index in [1.54, 1.807) is 4.90 Å². The average molecular weight is 360 g/mol. The molecule has 24 heavy (non-hydrogen) atoms. The van der Waals surface area contributed by atoms with Gasteiger partial charge < -0.3 is 4.90 Å².